The molecule has 0 spiro atoms. The minimum atomic E-state index is -3.89. The van der Waals surface area contributed by atoms with Crippen molar-refractivity contribution >= 4 is 17.9 Å². The third-order valence-electron chi connectivity index (χ3n) is 4.35. The smallest absolute Gasteiger partial charge is 0.412 e. The lowest BCUT2D eigenvalue weighted by molar-refractivity contribution is -0.178. The van der Waals surface area contributed by atoms with Crippen molar-refractivity contribution in [3.8, 4) is 0 Å². The Kier molecular flexibility index (Phi) is 7.44. The van der Waals surface area contributed by atoms with Gasteiger partial charge in [-0.3, -0.25) is 14.7 Å². The van der Waals surface area contributed by atoms with E-state index in [4.69, 9.17) is 15.2 Å². The highest BCUT2D eigenvalue weighted by atomic mass is 19.3. The number of ether oxygens (including phenoxy) is 3. The lowest BCUT2D eigenvalue weighted by atomic mass is 10.1. The Morgan fingerprint density at radius 2 is 2.13 bits per heavy atom. The van der Waals surface area contributed by atoms with Crippen molar-refractivity contribution in [2.75, 3.05) is 18.5 Å². The molecule has 11 nitrogen and oxygen atoms in total. The van der Waals surface area contributed by atoms with E-state index in [-0.39, 0.29) is 18.3 Å². The predicted molar refractivity (Wildman–Crippen MR) is 97.8 cm³/mol. The van der Waals surface area contributed by atoms with Crippen LogP contribution in [0.5, 0.6) is 0 Å². The van der Waals surface area contributed by atoms with Crippen molar-refractivity contribution in [1.82, 2.24) is 9.55 Å². The van der Waals surface area contributed by atoms with Crippen LogP contribution >= 0.6 is 0 Å². The highest BCUT2D eigenvalue weighted by molar-refractivity contribution is 5.83. The van der Waals surface area contributed by atoms with Crippen LogP contribution in [-0.4, -0.2) is 64.1 Å². The number of hydrogen-bond acceptors (Lipinski definition) is 9. The molecule has 0 aromatic carbocycles. The van der Waals surface area contributed by atoms with E-state index in [9.17, 15) is 28.3 Å². The van der Waals surface area contributed by atoms with Crippen molar-refractivity contribution in [2.24, 2.45) is 11.7 Å². The fourth-order valence-electron chi connectivity index (χ4n) is 2.67. The van der Waals surface area contributed by atoms with Crippen molar-refractivity contribution < 1.29 is 37.7 Å². The van der Waals surface area contributed by atoms with E-state index < -0.39 is 54.8 Å². The molecular formula is C17H24F2N4O7. The van der Waals surface area contributed by atoms with Gasteiger partial charge in [-0.2, -0.15) is 13.8 Å². The van der Waals surface area contributed by atoms with E-state index in [2.05, 4.69) is 15.0 Å². The fourth-order valence-corrected chi connectivity index (χ4v) is 2.67. The molecule has 2 unspecified atom stereocenters. The quantitative estimate of drug-likeness (QED) is 0.512. The zero-order valence-corrected chi connectivity index (χ0v) is 16.6. The normalized spacial score (nSPS) is 23.8. The Labute approximate surface area is 170 Å². The number of carbonyl (C=O) groups excluding carboxylic acids is 2. The number of hydrogen-bond donors (Lipinski definition) is 3. The summed E-state index contributed by atoms with van der Waals surface area (Å²) in [5, 5.41) is 11.6. The van der Waals surface area contributed by atoms with Crippen molar-refractivity contribution in [3.63, 3.8) is 0 Å². The molecule has 1 fully saturated rings. The van der Waals surface area contributed by atoms with Gasteiger partial charge in [0.05, 0.1) is 13.2 Å². The second kappa shape index (κ2) is 9.45. The molecule has 4 atom stereocenters. The molecule has 1 aromatic heterocycles. The molecule has 2 heterocycles. The zero-order chi connectivity index (χ0) is 22.6. The molecule has 30 heavy (non-hydrogen) atoms. The Bertz CT molecular complexity index is 833. The van der Waals surface area contributed by atoms with Gasteiger partial charge in [0.2, 0.25) is 6.23 Å². The second-order valence-electron chi connectivity index (χ2n) is 6.86. The molecule has 168 valence electrons. The Hall–Kier alpha value is -2.64. The summed E-state index contributed by atoms with van der Waals surface area (Å²) in [4.78, 5) is 39.2. The number of alkyl halides is 2. The number of aromatic nitrogens is 2. The van der Waals surface area contributed by atoms with Crippen LogP contribution in [0.1, 0.15) is 27.0 Å². The standard InChI is InChI=1S/C17H24F2N4O7/c1-4-28-16(27)22-10-5-6-23(15(26)21-10)14-17(18,19)12(9(7-24)29-14)30-13(25)11(20)8(2)3/h5-6,8-9,11-12,14,24H,4,7,20H2,1-3H3,(H,21,22,26,27)/t9?,11-,12?,14+/m0/s1. The van der Waals surface area contributed by atoms with Crippen LogP contribution in [0.25, 0.3) is 0 Å². The van der Waals surface area contributed by atoms with Crippen LogP contribution < -0.4 is 16.7 Å². The molecule has 1 saturated heterocycles. The van der Waals surface area contributed by atoms with Crippen LogP contribution in [0.3, 0.4) is 0 Å². The van der Waals surface area contributed by atoms with E-state index in [1.54, 1.807) is 20.8 Å². The maximum atomic E-state index is 15.0. The molecule has 0 bridgehead atoms. The van der Waals surface area contributed by atoms with Crippen LogP contribution in [0.4, 0.5) is 19.4 Å². The van der Waals surface area contributed by atoms with Gasteiger partial charge < -0.3 is 25.1 Å². The highest BCUT2D eigenvalue weighted by Crippen LogP contribution is 2.44. The van der Waals surface area contributed by atoms with E-state index in [1.165, 1.54) is 0 Å². The molecule has 0 radical (unpaired) electrons. The van der Waals surface area contributed by atoms with E-state index >= 15 is 0 Å². The summed E-state index contributed by atoms with van der Waals surface area (Å²) in [6.07, 6.45) is -5.93. The average Bonchev–Trinajstić information content (AvgIpc) is 2.91. The molecule has 4 N–H and O–H groups in total. The Balaban J connectivity index is 2.27. The lowest BCUT2D eigenvalue weighted by Gasteiger charge is -2.25. The summed E-state index contributed by atoms with van der Waals surface area (Å²) in [6, 6.07) is -0.0727. The minimum absolute atomic E-state index is 0.0775. The molecule has 1 aliphatic rings. The number of anilines is 1. The summed E-state index contributed by atoms with van der Waals surface area (Å²) in [6.45, 7) is 3.97. The number of nitrogens with zero attached hydrogens (tertiary/aromatic N) is 2. The summed E-state index contributed by atoms with van der Waals surface area (Å²) in [5.41, 5.74) is 4.46. The minimum Gasteiger partial charge on any atom is -0.452 e. The largest absolute Gasteiger partial charge is 0.452 e. The number of rotatable bonds is 7. The first-order chi connectivity index (χ1) is 14.0. The molecule has 1 aliphatic heterocycles. The topological polar surface area (TPSA) is 155 Å². The van der Waals surface area contributed by atoms with Crippen LogP contribution in [0.2, 0.25) is 0 Å². The Morgan fingerprint density at radius 3 is 2.67 bits per heavy atom. The molecule has 1 aromatic rings. The third-order valence-corrected chi connectivity index (χ3v) is 4.35. The number of aliphatic hydroxyl groups is 1. The third kappa shape index (κ3) is 4.91. The van der Waals surface area contributed by atoms with Gasteiger partial charge in [-0.15, -0.1) is 0 Å². The molecule has 2 rings (SSSR count). The van der Waals surface area contributed by atoms with Crippen LogP contribution in [-0.2, 0) is 19.0 Å². The lowest BCUT2D eigenvalue weighted by Crippen LogP contribution is -2.48. The molecule has 13 heteroatoms. The first-order valence-electron chi connectivity index (χ1n) is 9.16. The second-order valence-corrected chi connectivity index (χ2v) is 6.86. The first kappa shape index (κ1) is 23.6. The van der Waals surface area contributed by atoms with Gasteiger partial charge in [0, 0.05) is 6.20 Å². The van der Waals surface area contributed by atoms with E-state index in [1.807, 2.05) is 0 Å². The van der Waals surface area contributed by atoms with Gasteiger partial charge in [0.1, 0.15) is 18.0 Å². The SMILES string of the molecule is CCOC(=O)Nc1ccn([C@@H]2OC(CO)C(OC(=O)[C@@H](N)C(C)C)C2(F)F)c(=O)n1. The number of esters is 1. The maximum Gasteiger partial charge on any atom is 0.412 e. The number of aliphatic hydroxyl groups excluding tert-OH is 1. The van der Waals surface area contributed by atoms with Crippen LogP contribution in [0.15, 0.2) is 17.1 Å². The van der Waals surface area contributed by atoms with Gasteiger partial charge in [-0.05, 0) is 18.9 Å². The summed E-state index contributed by atoms with van der Waals surface area (Å²) >= 11 is 0. The number of amides is 1. The number of carbonyl (C=O) groups is 2. The summed E-state index contributed by atoms with van der Waals surface area (Å²) in [7, 11) is 0. The van der Waals surface area contributed by atoms with Crippen molar-refractivity contribution in [1.29, 1.82) is 0 Å². The monoisotopic (exact) mass is 434 g/mol. The molecule has 1 amide bonds. The Morgan fingerprint density at radius 1 is 1.47 bits per heavy atom. The van der Waals surface area contributed by atoms with Gasteiger partial charge >= 0.3 is 23.7 Å². The number of nitrogens with one attached hydrogen (secondary N) is 1. The van der Waals surface area contributed by atoms with Crippen LogP contribution in [0, 0.1) is 5.92 Å². The number of nitrogens with two attached hydrogens (primary N) is 1. The summed E-state index contributed by atoms with van der Waals surface area (Å²) in [5.74, 6) is -5.57. The van der Waals surface area contributed by atoms with Gasteiger partial charge in [-0.25, -0.2) is 9.59 Å². The van der Waals surface area contributed by atoms with Crippen molar-refractivity contribution in [3.05, 3.63) is 22.7 Å². The zero-order valence-electron chi connectivity index (χ0n) is 16.6. The van der Waals surface area contributed by atoms with Gasteiger partial charge in [0.25, 0.3) is 0 Å². The highest BCUT2D eigenvalue weighted by Gasteiger charge is 2.62. The van der Waals surface area contributed by atoms with Crippen molar-refractivity contribution in [2.45, 2.75) is 51.2 Å². The average molecular weight is 434 g/mol. The van der Waals surface area contributed by atoms with Gasteiger partial charge in [0.15, 0.2) is 6.10 Å². The molecular weight excluding hydrogens is 410 g/mol. The summed E-state index contributed by atoms with van der Waals surface area (Å²) < 4.78 is 45.0. The predicted octanol–water partition coefficient (Wildman–Crippen LogP) is 0.232. The molecule has 0 saturated carbocycles. The molecule has 0 aliphatic carbocycles. The van der Waals surface area contributed by atoms with E-state index in [0.717, 1.165) is 12.3 Å². The maximum absolute atomic E-state index is 15.0. The van der Waals surface area contributed by atoms with E-state index in [0.29, 0.717) is 4.57 Å². The fraction of sp³-hybridized carbons (Fsp3) is 0.647. The first-order valence-corrected chi connectivity index (χ1v) is 9.16. The van der Waals surface area contributed by atoms with Gasteiger partial charge in [-0.1, -0.05) is 13.8 Å². The number of halogens is 2.